The van der Waals surface area contributed by atoms with Gasteiger partial charge in [-0.25, -0.2) is 0 Å². The number of hydrogen-bond acceptors (Lipinski definition) is 1. The lowest BCUT2D eigenvalue weighted by Crippen LogP contribution is -0.681. The second-order valence-corrected chi connectivity index (χ2v) is 1.20. The Bertz CT molecular complexity index is 17.1. The molecule has 5 heavy (non-hydrogen) atoms. The van der Waals surface area contributed by atoms with Crippen LogP contribution in [0.3, 0.4) is 0 Å². The van der Waals surface area contributed by atoms with Gasteiger partial charge in [-0.3, -0.25) is 9.41 Å². The highest BCUT2D eigenvalue weighted by Crippen LogP contribution is 1.98. The molecule has 0 bridgehead atoms. The van der Waals surface area contributed by atoms with E-state index in [1.54, 1.807) is 0 Å². The third-order valence-electron chi connectivity index (χ3n) is 0. The highest BCUT2D eigenvalue weighted by atomic mass is 79.9. The van der Waals surface area contributed by atoms with Crippen LogP contribution in [0.2, 0.25) is 0 Å². The molecule has 0 spiro atoms. The largest absolute Gasteiger partial charge is 0.403 e. The molecular formula is H3BrF2OP+. The van der Waals surface area contributed by atoms with Gasteiger partial charge in [0.15, 0.2) is 0 Å². The van der Waals surface area contributed by atoms with Crippen molar-refractivity contribution < 1.29 is 14.0 Å². The fourth-order valence-corrected chi connectivity index (χ4v) is 0. The van der Waals surface area contributed by atoms with Gasteiger partial charge in [-0.15, -0.1) is 0 Å². The van der Waals surface area contributed by atoms with Crippen molar-refractivity contribution in [1.82, 2.24) is 0 Å². The molecule has 0 rings (SSSR count). The normalized spacial score (nSPS) is 4.20. The van der Waals surface area contributed by atoms with Crippen LogP contribution in [0.1, 0.15) is 0 Å². The molecule has 0 aliphatic heterocycles. The molecule has 0 aliphatic rings. The minimum absolute atomic E-state index is 0. The van der Waals surface area contributed by atoms with Gasteiger partial charge < -0.3 is 0 Å². The van der Waals surface area contributed by atoms with E-state index in [9.17, 15) is 0 Å². The molecule has 0 amide bonds. The summed E-state index contributed by atoms with van der Waals surface area (Å²) in [5.74, 6) is 0. The summed E-state index contributed by atoms with van der Waals surface area (Å²) >= 11 is 2.62. The van der Waals surface area contributed by atoms with E-state index >= 15 is 0 Å². The summed E-state index contributed by atoms with van der Waals surface area (Å²) in [5, 5.41) is 0. The van der Waals surface area contributed by atoms with E-state index in [1.807, 2.05) is 0 Å². The standard InChI is InChI=1S/BrOP.2FH/c1-3-2;;/h;2*1H/p+1. The average molecular weight is 168 g/mol. The zero-order valence-electron chi connectivity index (χ0n) is 2.10. The summed E-state index contributed by atoms with van der Waals surface area (Å²) in [6.45, 7) is 0. The Hall–Kier alpha value is 0.440. The van der Waals surface area contributed by atoms with Crippen LogP contribution in [0.5, 0.6) is 0 Å². The second kappa shape index (κ2) is 25.3. The van der Waals surface area contributed by atoms with Crippen molar-refractivity contribution in [2.24, 2.45) is 0 Å². The van der Waals surface area contributed by atoms with Crippen molar-refractivity contribution in [3.63, 3.8) is 0 Å². The molecule has 0 fully saturated rings. The van der Waals surface area contributed by atoms with Crippen molar-refractivity contribution >= 4 is 22.7 Å². The third-order valence-corrected chi connectivity index (χ3v) is 0. The van der Waals surface area contributed by atoms with E-state index in [0.717, 1.165) is 0 Å². The average Bonchev–Trinajstić information content (AvgIpc) is 0.918. The van der Waals surface area contributed by atoms with Crippen molar-refractivity contribution in [2.75, 3.05) is 0 Å². The van der Waals surface area contributed by atoms with Crippen LogP contribution in [0, 0.1) is 0 Å². The Morgan fingerprint density at radius 2 is 1.40 bits per heavy atom. The van der Waals surface area contributed by atoms with Gasteiger partial charge in [0.25, 0.3) is 15.5 Å². The lowest BCUT2D eigenvalue weighted by Gasteiger charge is -0.966. The highest BCUT2D eigenvalue weighted by Gasteiger charge is 1.52. The van der Waals surface area contributed by atoms with Crippen LogP contribution in [0.4, 0.5) is 9.41 Å². The van der Waals surface area contributed by atoms with Crippen LogP contribution >= 0.6 is 22.7 Å². The van der Waals surface area contributed by atoms with E-state index in [2.05, 4.69) is 15.5 Å². The third kappa shape index (κ3) is 137. The molecule has 0 N–H and O–H groups in total. The number of hydrogen-bond donors (Lipinski definition) is 0. The van der Waals surface area contributed by atoms with Crippen LogP contribution in [-0.4, -0.2) is 0 Å². The van der Waals surface area contributed by atoms with Crippen LogP contribution in [-0.2, 0) is 4.57 Å². The van der Waals surface area contributed by atoms with Gasteiger partial charge >= 0.3 is 7.16 Å². The molecule has 5 heteroatoms. The first-order chi connectivity index (χ1) is 1.41. The molecule has 34 valence electrons. The summed E-state index contributed by atoms with van der Waals surface area (Å²) in [6, 6.07) is 0. The van der Waals surface area contributed by atoms with Crippen molar-refractivity contribution in [3.05, 3.63) is 0 Å². The fourth-order valence-electron chi connectivity index (χ4n) is 0. The first-order valence-electron chi connectivity index (χ1n) is 0.393. The first kappa shape index (κ1) is 18.0. The van der Waals surface area contributed by atoms with Gasteiger partial charge in [0.05, 0.1) is 0 Å². The fraction of sp³-hybridized carbons (Fsp3) is 0. The minimum atomic E-state index is -0.354. The van der Waals surface area contributed by atoms with Crippen LogP contribution in [0.25, 0.3) is 0 Å². The topological polar surface area (TPSA) is 17.1 Å². The van der Waals surface area contributed by atoms with E-state index in [-0.39, 0.29) is 16.6 Å². The predicted octanol–water partition coefficient (Wildman–Crippen LogP) is 1.63. The molecule has 0 aromatic heterocycles. The van der Waals surface area contributed by atoms with Gasteiger partial charge in [0, 0.05) is 0 Å². The van der Waals surface area contributed by atoms with Crippen molar-refractivity contribution in [1.29, 1.82) is 0 Å². The lowest BCUT2D eigenvalue weighted by molar-refractivity contribution is 0.606. The molecule has 0 saturated heterocycles. The summed E-state index contributed by atoms with van der Waals surface area (Å²) in [4.78, 5) is 0. The monoisotopic (exact) mass is 167 g/mol. The number of halogens is 3. The molecule has 1 nitrogen and oxygen atoms in total. The van der Waals surface area contributed by atoms with Gasteiger partial charge in [0.2, 0.25) is 0 Å². The van der Waals surface area contributed by atoms with Gasteiger partial charge in [0.1, 0.15) is 0 Å². The Labute approximate surface area is 37.4 Å². The maximum Gasteiger partial charge on any atom is 0.403 e. The molecule has 0 heterocycles. The minimum Gasteiger partial charge on any atom is -0.269 e. The molecule has 0 aromatic carbocycles. The van der Waals surface area contributed by atoms with E-state index < -0.39 is 0 Å². The molecule has 0 radical (unpaired) electrons. The number of rotatable bonds is 0. The molecular weight excluding hydrogens is 165 g/mol. The zero-order valence-corrected chi connectivity index (χ0v) is 4.69. The lowest BCUT2D eigenvalue weighted by atomic mass is 16.0. The predicted molar refractivity (Wildman–Crippen MR) is 22.9 cm³/mol. The van der Waals surface area contributed by atoms with Gasteiger partial charge in [-0.1, -0.05) is 4.57 Å². The zero-order chi connectivity index (χ0) is 2.71. The Morgan fingerprint density at radius 3 is 1.40 bits per heavy atom. The summed E-state index contributed by atoms with van der Waals surface area (Å²) < 4.78 is 8.88. The smallest absolute Gasteiger partial charge is 0.269 e. The SMILES string of the molecule is F.F.O=[PH+]Br. The Morgan fingerprint density at radius 1 is 1.40 bits per heavy atom. The van der Waals surface area contributed by atoms with E-state index in [0.29, 0.717) is 0 Å². The maximum absolute atomic E-state index is 8.88. The van der Waals surface area contributed by atoms with Crippen LogP contribution < -0.4 is 0 Å². The highest BCUT2D eigenvalue weighted by molar-refractivity contribution is 9.35. The molecule has 0 aromatic rings. The Balaban J connectivity index is -0.0000000200. The van der Waals surface area contributed by atoms with E-state index in [1.165, 1.54) is 0 Å². The quantitative estimate of drug-likeness (QED) is 0.502. The molecule has 0 aliphatic carbocycles. The van der Waals surface area contributed by atoms with Gasteiger partial charge in [-0.2, -0.15) is 0 Å². The second-order valence-electron chi connectivity index (χ2n) is 0.0772. The van der Waals surface area contributed by atoms with Gasteiger partial charge in [-0.05, 0) is 0 Å². The molecule has 0 saturated carbocycles. The van der Waals surface area contributed by atoms with Crippen molar-refractivity contribution in [3.8, 4) is 0 Å². The summed E-state index contributed by atoms with van der Waals surface area (Å²) in [5.41, 5.74) is 0. The first-order valence-corrected chi connectivity index (χ1v) is 3.56. The summed E-state index contributed by atoms with van der Waals surface area (Å²) in [6.07, 6.45) is 0. The van der Waals surface area contributed by atoms with E-state index in [4.69, 9.17) is 4.57 Å². The Kier molecular flexibility index (Phi) is 91.3. The van der Waals surface area contributed by atoms with Crippen LogP contribution in [0.15, 0.2) is 0 Å². The molecule has 1 atom stereocenters. The van der Waals surface area contributed by atoms with Crippen molar-refractivity contribution in [2.45, 2.75) is 0 Å². The maximum atomic E-state index is 8.88. The molecule has 1 unspecified atom stereocenters. The summed E-state index contributed by atoms with van der Waals surface area (Å²) in [7, 11) is -0.354.